The van der Waals surface area contributed by atoms with E-state index < -0.39 is 10.0 Å². The standard InChI is InChI=1S/C20H25ClN2O3S/c1-13(2)19(14(3)4)22-20(24)17-11-10-15(12-18(17)21)23-27(25,26)16-8-6-5-7-9-16/h5-14,19,23H,1-4H3,(H,22,24). The number of rotatable bonds is 7. The molecule has 0 bridgehead atoms. The van der Waals surface area contributed by atoms with Crippen LogP contribution < -0.4 is 10.0 Å². The van der Waals surface area contributed by atoms with Crippen molar-refractivity contribution in [3.8, 4) is 0 Å². The van der Waals surface area contributed by atoms with Gasteiger partial charge in [-0.3, -0.25) is 9.52 Å². The number of halogens is 1. The largest absolute Gasteiger partial charge is 0.349 e. The van der Waals surface area contributed by atoms with Crippen LogP contribution in [0, 0.1) is 11.8 Å². The number of amides is 1. The molecule has 27 heavy (non-hydrogen) atoms. The van der Waals surface area contributed by atoms with Gasteiger partial charge >= 0.3 is 0 Å². The summed E-state index contributed by atoms with van der Waals surface area (Å²) >= 11 is 6.25. The fraction of sp³-hybridized carbons (Fsp3) is 0.350. The molecule has 146 valence electrons. The lowest BCUT2D eigenvalue weighted by atomic mass is 9.93. The van der Waals surface area contributed by atoms with Gasteiger partial charge in [0.25, 0.3) is 15.9 Å². The smallest absolute Gasteiger partial charge is 0.261 e. The summed E-state index contributed by atoms with van der Waals surface area (Å²) in [7, 11) is -3.71. The molecule has 0 aliphatic rings. The first-order valence-corrected chi connectivity index (χ1v) is 10.7. The highest BCUT2D eigenvalue weighted by Gasteiger charge is 2.22. The van der Waals surface area contributed by atoms with Gasteiger partial charge in [-0.2, -0.15) is 0 Å². The molecule has 0 saturated carbocycles. The van der Waals surface area contributed by atoms with Crippen molar-refractivity contribution in [1.29, 1.82) is 0 Å². The summed E-state index contributed by atoms with van der Waals surface area (Å²) in [4.78, 5) is 12.7. The highest BCUT2D eigenvalue weighted by Crippen LogP contribution is 2.24. The van der Waals surface area contributed by atoms with Gasteiger partial charge in [0.05, 0.1) is 21.2 Å². The van der Waals surface area contributed by atoms with E-state index >= 15 is 0 Å². The summed E-state index contributed by atoms with van der Waals surface area (Å²) in [5, 5.41) is 3.19. The number of benzene rings is 2. The Morgan fingerprint density at radius 2 is 1.56 bits per heavy atom. The Kier molecular flexibility index (Phi) is 6.89. The zero-order valence-electron chi connectivity index (χ0n) is 15.9. The first kappa shape index (κ1) is 21.3. The minimum absolute atomic E-state index is 0.0184. The maximum absolute atomic E-state index is 12.6. The molecular weight excluding hydrogens is 384 g/mol. The molecule has 0 radical (unpaired) electrons. The van der Waals surface area contributed by atoms with Gasteiger partial charge in [0.15, 0.2) is 0 Å². The van der Waals surface area contributed by atoms with E-state index in [1.54, 1.807) is 18.2 Å². The second-order valence-corrected chi connectivity index (χ2v) is 9.19. The normalized spacial score (nSPS) is 11.9. The molecule has 0 heterocycles. The number of hydrogen-bond donors (Lipinski definition) is 2. The number of anilines is 1. The first-order valence-electron chi connectivity index (χ1n) is 8.80. The molecule has 2 rings (SSSR count). The average molecular weight is 409 g/mol. The van der Waals surface area contributed by atoms with Crippen LogP contribution in [0.15, 0.2) is 53.4 Å². The molecule has 0 fully saturated rings. The van der Waals surface area contributed by atoms with Crippen LogP contribution in [0.2, 0.25) is 5.02 Å². The van der Waals surface area contributed by atoms with Crippen molar-refractivity contribution in [3.05, 3.63) is 59.1 Å². The third-order valence-corrected chi connectivity index (χ3v) is 5.96. The molecule has 0 saturated heterocycles. The van der Waals surface area contributed by atoms with Crippen molar-refractivity contribution < 1.29 is 13.2 Å². The lowest BCUT2D eigenvalue weighted by molar-refractivity contribution is 0.0910. The second kappa shape index (κ2) is 8.76. The van der Waals surface area contributed by atoms with E-state index in [9.17, 15) is 13.2 Å². The van der Waals surface area contributed by atoms with E-state index in [0.717, 1.165) is 0 Å². The van der Waals surface area contributed by atoms with Crippen LogP contribution in [-0.4, -0.2) is 20.4 Å². The molecular formula is C20H25ClN2O3S. The number of sulfonamides is 1. The van der Waals surface area contributed by atoms with Gasteiger partial charge in [-0.1, -0.05) is 57.5 Å². The van der Waals surface area contributed by atoms with Crippen LogP contribution in [0.25, 0.3) is 0 Å². The lowest BCUT2D eigenvalue weighted by Gasteiger charge is -2.26. The SMILES string of the molecule is CC(C)C(NC(=O)c1ccc(NS(=O)(=O)c2ccccc2)cc1Cl)C(C)C. The van der Waals surface area contributed by atoms with Crippen molar-refractivity contribution >= 4 is 33.2 Å². The van der Waals surface area contributed by atoms with Crippen molar-refractivity contribution in [1.82, 2.24) is 5.32 Å². The number of nitrogens with one attached hydrogen (secondary N) is 2. The zero-order chi connectivity index (χ0) is 20.2. The van der Waals surface area contributed by atoms with Crippen molar-refractivity contribution in [2.75, 3.05) is 4.72 Å². The quantitative estimate of drug-likeness (QED) is 0.705. The Balaban J connectivity index is 2.19. The fourth-order valence-corrected chi connectivity index (χ4v) is 4.25. The summed E-state index contributed by atoms with van der Waals surface area (Å²) in [5.74, 6) is 0.291. The topological polar surface area (TPSA) is 75.3 Å². The highest BCUT2D eigenvalue weighted by molar-refractivity contribution is 7.92. The zero-order valence-corrected chi connectivity index (χ0v) is 17.4. The molecule has 2 aromatic rings. The maximum Gasteiger partial charge on any atom is 0.261 e. The second-order valence-electron chi connectivity index (χ2n) is 7.10. The van der Waals surface area contributed by atoms with Crippen molar-refractivity contribution in [2.45, 2.75) is 38.6 Å². The van der Waals surface area contributed by atoms with Gasteiger partial charge in [0, 0.05) is 6.04 Å². The molecule has 1 amide bonds. The van der Waals surface area contributed by atoms with E-state index in [2.05, 4.69) is 10.0 Å². The first-order chi connectivity index (χ1) is 12.6. The van der Waals surface area contributed by atoms with E-state index in [-0.39, 0.29) is 33.7 Å². The van der Waals surface area contributed by atoms with Crippen LogP contribution in [-0.2, 0) is 10.0 Å². The Morgan fingerprint density at radius 1 is 0.963 bits per heavy atom. The van der Waals surface area contributed by atoms with Crippen LogP contribution in [0.4, 0.5) is 5.69 Å². The number of carbonyl (C=O) groups excluding carboxylic acids is 1. The predicted molar refractivity (Wildman–Crippen MR) is 110 cm³/mol. The molecule has 5 nitrogen and oxygen atoms in total. The molecule has 0 spiro atoms. The summed E-state index contributed by atoms with van der Waals surface area (Å²) < 4.78 is 27.3. The molecule has 0 unspecified atom stereocenters. The summed E-state index contributed by atoms with van der Waals surface area (Å²) in [6.07, 6.45) is 0. The molecule has 7 heteroatoms. The summed E-state index contributed by atoms with van der Waals surface area (Å²) in [5.41, 5.74) is 0.607. The van der Waals surface area contributed by atoms with Gasteiger partial charge in [-0.25, -0.2) is 8.42 Å². The molecule has 2 aromatic carbocycles. The Labute approximate surface area is 166 Å². The van der Waals surface area contributed by atoms with Crippen molar-refractivity contribution in [2.24, 2.45) is 11.8 Å². The van der Waals surface area contributed by atoms with Gasteiger partial charge in [0.1, 0.15) is 0 Å². The monoisotopic (exact) mass is 408 g/mol. The van der Waals surface area contributed by atoms with E-state index in [4.69, 9.17) is 11.6 Å². The van der Waals surface area contributed by atoms with Gasteiger partial charge in [-0.05, 0) is 42.2 Å². The minimum atomic E-state index is -3.71. The van der Waals surface area contributed by atoms with E-state index in [0.29, 0.717) is 11.3 Å². The lowest BCUT2D eigenvalue weighted by Crippen LogP contribution is -2.42. The average Bonchev–Trinajstić information content (AvgIpc) is 2.59. The van der Waals surface area contributed by atoms with Crippen LogP contribution >= 0.6 is 11.6 Å². The Hall–Kier alpha value is -2.05. The number of carbonyl (C=O) groups is 1. The molecule has 0 aliphatic heterocycles. The van der Waals surface area contributed by atoms with E-state index in [1.165, 1.54) is 30.3 Å². The minimum Gasteiger partial charge on any atom is -0.349 e. The third kappa shape index (κ3) is 5.47. The van der Waals surface area contributed by atoms with Gasteiger partial charge in [0.2, 0.25) is 0 Å². The molecule has 0 aliphatic carbocycles. The maximum atomic E-state index is 12.6. The summed E-state index contributed by atoms with van der Waals surface area (Å²) in [6, 6.07) is 12.6. The predicted octanol–water partition coefficient (Wildman–Crippen LogP) is 4.55. The van der Waals surface area contributed by atoms with Crippen molar-refractivity contribution in [3.63, 3.8) is 0 Å². The van der Waals surface area contributed by atoms with Crippen LogP contribution in [0.5, 0.6) is 0 Å². The molecule has 0 atom stereocenters. The Morgan fingerprint density at radius 3 is 2.07 bits per heavy atom. The molecule has 0 aromatic heterocycles. The van der Waals surface area contributed by atoms with Gasteiger partial charge < -0.3 is 5.32 Å². The third-order valence-electron chi connectivity index (χ3n) is 4.25. The van der Waals surface area contributed by atoms with Gasteiger partial charge in [-0.15, -0.1) is 0 Å². The number of hydrogen-bond acceptors (Lipinski definition) is 3. The summed E-state index contributed by atoms with van der Waals surface area (Å²) in [6.45, 7) is 8.20. The highest BCUT2D eigenvalue weighted by atomic mass is 35.5. The van der Waals surface area contributed by atoms with Crippen LogP contribution in [0.1, 0.15) is 38.1 Å². The Bertz CT molecular complexity index is 889. The van der Waals surface area contributed by atoms with E-state index in [1.807, 2.05) is 27.7 Å². The van der Waals surface area contributed by atoms with Crippen LogP contribution in [0.3, 0.4) is 0 Å². The fourth-order valence-electron chi connectivity index (χ4n) is 2.91. The molecule has 2 N–H and O–H groups in total.